The third kappa shape index (κ3) is 8.99. The van der Waals surface area contributed by atoms with E-state index in [4.69, 9.17) is 0 Å². The molecule has 0 aromatic carbocycles. The van der Waals surface area contributed by atoms with Crippen molar-refractivity contribution in [3.63, 3.8) is 0 Å². The van der Waals surface area contributed by atoms with Crippen molar-refractivity contribution in [2.75, 3.05) is 0 Å². The molecule has 0 radical (unpaired) electrons. The van der Waals surface area contributed by atoms with Gasteiger partial charge in [-0.1, -0.05) is 0 Å². The van der Waals surface area contributed by atoms with E-state index in [1.165, 1.54) is 0 Å². The van der Waals surface area contributed by atoms with Gasteiger partial charge in [-0.2, -0.15) is 0 Å². The van der Waals surface area contributed by atoms with Gasteiger partial charge >= 0.3 is 52.6 Å². The standard InChI is InChI=1S/ClH.Mg.Na.H2O.3H/h1H;;;1H2;;;. The van der Waals surface area contributed by atoms with Crippen molar-refractivity contribution in [1.82, 2.24) is 0 Å². The molecular formula is H6ClMgNaO. The van der Waals surface area contributed by atoms with Crippen LogP contribution in [0, 0.1) is 0 Å². The van der Waals surface area contributed by atoms with E-state index in [2.05, 4.69) is 0 Å². The summed E-state index contributed by atoms with van der Waals surface area (Å²) in [5.41, 5.74) is 0. The van der Waals surface area contributed by atoms with Crippen molar-refractivity contribution in [2.45, 2.75) is 0 Å². The van der Waals surface area contributed by atoms with E-state index in [1.54, 1.807) is 0 Å². The van der Waals surface area contributed by atoms with Crippen LogP contribution in [-0.2, 0) is 0 Å². The molecule has 0 spiro atoms. The molecule has 4 heavy (non-hydrogen) atoms. The van der Waals surface area contributed by atoms with E-state index in [-0.39, 0.29) is 70.5 Å². The molecule has 0 aliphatic carbocycles. The molecule has 0 heterocycles. The van der Waals surface area contributed by atoms with Gasteiger partial charge in [-0.3, -0.25) is 0 Å². The fourth-order valence-corrected chi connectivity index (χ4v) is 0. The predicted octanol–water partition coefficient (Wildman–Crippen LogP) is -1.97. The third-order valence-corrected chi connectivity index (χ3v) is 0. The van der Waals surface area contributed by atoms with Crippen LogP contribution >= 0.6 is 12.4 Å². The van der Waals surface area contributed by atoms with Crippen molar-refractivity contribution in [2.24, 2.45) is 0 Å². The molecule has 0 bridgehead atoms. The summed E-state index contributed by atoms with van der Waals surface area (Å²) < 4.78 is 0. The summed E-state index contributed by atoms with van der Waals surface area (Å²) in [5.74, 6) is 0. The Hall–Kier alpha value is 2.02. The molecule has 0 fully saturated rings. The van der Waals surface area contributed by atoms with Crippen LogP contribution in [0.1, 0.15) is 0 Å². The number of hydrogen-bond donors (Lipinski definition) is 0. The molecule has 0 aromatic heterocycles. The maximum absolute atomic E-state index is 0. The average molecular weight is 105 g/mol. The number of rotatable bonds is 0. The van der Waals surface area contributed by atoms with E-state index < -0.39 is 0 Å². The first kappa shape index (κ1) is 37.2. The maximum atomic E-state index is 0. The number of hydrogen-bond acceptors (Lipinski definition) is 0. The monoisotopic (exact) mass is 104 g/mol. The van der Waals surface area contributed by atoms with Crippen LogP contribution in [-0.4, -0.2) is 58.1 Å². The van der Waals surface area contributed by atoms with E-state index in [9.17, 15) is 0 Å². The molecule has 0 aliphatic rings. The zero-order valence-corrected chi connectivity index (χ0v) is 1.72. The summed E-state index contributed by atoms with van der Waals surface area (Å²) in [7, 11) is 0. The first-order valence-corrected chi connectivity index (χ1v) is 0. The van der Waals surface area contributed by atoms with Gasteiger partial charge in [-0.25, -0.2) is 0 Å². The van der Waals surface area contributed by atoms with Gasteiger partial charge in [0.1, 0.15) is 0 Å². The zero-order valence-electron chi connectivity index (χ0n) is 0.908. The van der Waals surface area contributed by atoms with Crippen molar-refractivity contribution in [3.8, 4) is 0 Å². The Morgan fingerprint density at radius 3 is 1.00 bits per heavy atom. The summed E-state index contributed by atoms with van der Waals surface area (Å²) in [5, 5.41) is 0. The Morgan fingerprint density at radius 2 is 1.00 bits per heavy atom. The first-order chi connectivity index (χ1) is 0. The minimum atomic E-state index is 0. The van der Waals surface area contributed by atoms with Crippen LogP contribution in [0.2, 0.25) is 0 Å². The summed E-state index contributed by atoms with van der Waals surface area (Å²) in [6, 6.07) is 0. The van der Waals surface area contributed by atoms with Crippen molar-refractivity contribution < 1.29 is 5.48 Å². The Labute approximate surface area is 69.7 Å². The molecule has 22 valence electrons. The number of halogens is 1. The Kier molecular flexibility index (Phi) is 185. The molecule has 0 rings (SSSR count). The molecule has 0 saturated heterocycles. The van der Waals surface area contributed by atoms with Gasteiger partial charge < -0.3 is 5.48 Å². The van der Waals surface area contributed by atoms with Crippen LogP contribution in [0.25, 0.3) is 0 Å². The summed E-state index contributed by atoms with van der Waals surface area (Å²) in [6.07, 6.45) is 0. The van der Waals surface area contributed by atoms with Crippen molar-refractivity contribution >= 4 is 65.0 Å². The minimum absolute atomic E-state index is 0. The molecule has 0 unspecified atom stereocenters. The first-order valence-electron chi connectivity index (χ1n) is 0. The van der Waals surface area contributed by atoms with Crippen LogP contribution in [0.15, 0.2) is 0 Å². The quantitative estimate of drug-likeness (QED) is 0.320. The van der Waals surface area contributed by atoms with Crippen molar-refractivity contribution in [1.29, 1.82) is 0 Å². The summed E-state index contributed by atoms with van der Waals surface area (Å²) in [6.45, 7) is 0. The molecule has 0 atom stereocenters. The Balaban J connectivity index is 0. The average Bonchev–Trinajstić information content (AvgIpc) is 0. The van der Waals surface area contributed by atoms with Gasteiger partial charge in [-0.05, 0) is 0 Å². The summed E-state index contributed by atoms with van der Waals surface area (Å²) in [4.78, 5) is 0. The molecule has 0 aliphatic heterocycles. The normalized spacial score (nSPS) is 0. The predicted molar refractivity (Wildman–Crippen MR) is 26.6 cm³/mol. The second kappa shape index (κ2) is 19.9. The fraction of sp³-hybridized carbons (Fsp3) is 0. The van der Waals surface area contributed by atoms with Gasteiger partial charge in [0, 0.05) is 0 Å². The second-order valence-electron chi connectivity index (χ2n) is 0. The summed E-state index contributed by atoms with van der Waals surface area (Å²) >= 11 is 0. The SMILES string of the molecule is Cl.O.[MgH2].[NaH]. The van der Waals surface area contributed by atoms with E-state index >= 15 is 0 Å². The van der Waals surface area contributed by atoms with Crippen LogP contribution in [0.5, 0.6) is 0 Å². The molecule has 0 aromatic rings. The zero-order chi connectivity index (χ0) is 0. The third-order valence-electron chi connectivity index (χ3n) is 0. The van der Waals surface area contributed by atoms with Crippen LogP contribution in [0.3, 0.4) is 0 Å². The van der Waals surface area contributed by atoms with Crippen LogP contribution in [0.4, 0.5) is 0 Å². The van der Waals surface area contributed by atoms with Gasteiger partial charge in [0.2, 0.25) is 0 Å². The van der Waals surface area contributed by atoms with E-state index in [0.717, 1.165) is 0 Å². The van der Waals surface area contributed by atoms with E-state index in [1.807, 2.05) is 0 Å². The second-order valence-corrected chi connectivity index (χ2v) is 0. The van der Waals surface area contributed by atoms with Gasteiger partial charge in [0.15, 0.2) is 0 Å². The van der Waals surface area contributed by atoms with Crippen LogP contribution < -0.4 is 0 Å². The topological polar surface area (TPSA) is 31.5 Å². The Morgan fingerprint density at radius 1 is 1.00 bits per heavy atom. The molecule has 0 amide bonds. The molecular weight excluding hydrogens is 98.7 g/mol. The van der Waals surface area contributed by atoms with Gasteiger partial charge in [0.25, 0.3) is 0 Å². The van der Waals surface area contributed by atoms with E-state index in [0.29, 0.717) is 0 Å². The fourth-order valence-electron chi connectivity index (χ4n) is 0. The molecule has 1 nitrogen and oxygen atoms in total. The van der Waals surface area contributed by atoms with Gasteiger partial charge in [-0.15, -0.1) is 12.4 Å². The van der Waals surface area contributed by atoms with Gasteiger partial charge in [0.05, 0.1) is 0 Å². The Bertz CT molecular complexity index is 8.00. The molecule has 2 N–H and O–H groups in total. The molecule has 4 heteroatoms. The van der Waals surface area contributed by atoms with Crippen molar-refractivity contribution in [3.05, 3.63) is 0 Å². The molecule has 0 saturated carbocycles.